The highest BCUT2D eigenvalue weighted by molar-refractivity contribution is 5.82. The van der Waals surface area contributed by atoms with Gasteiger partial charge in [0.05, 0.1) is 6.04 Å². The second-order valence-electron chi connectivity index (χ2n) is 6.79. The number of carbonyl (C=O) groups excluding carboxylic acids is 1. The normalized spacial score (nSPS) is 22.6. The predicted octanol–water partition coefficient (Wildman–Crippen LogP) is 2.20. The maximum absolute atomic E-state index is 13.4. The number of piperidine rings is 1. The number of benzene rings is 1. The Morgan fingerprint density at radius 1 is 1.36 bits per heavy atom. The fourth-order valence-electron chi connectivity index (χ4n) is 3.79. The second-order valence-corrected chi connectivity index (χ2v) is 6.79. The van der Waals surface area contributed by atoms with Gasteiger partial charge in [0.25, 0.3) is 5.91 Å². The third-order valence-electron chi connectivity index (χ3n) is 4.93. The van der Waals surface area contributed by atoms with Gasteiger partial charge in [0.1, 0.15) is 23.2 Å². The molecule has 4 rings (SSSR count). The summed E-state index contributed by atoms with van der Waals surface area (Å²) in [6, 6.07) is 4.54. The SMILES string of the molecule is Cc1nc(C)n([C@H]2CCCN(C(=O)[C@@H]3Cc4cc(F)ccc4O3)C2)n1. The number of amides is 1. The summed E-state index contributed by atoms with van der Waals surface area (Å²) in [4.78, 5) is 19.1. The summed E-state index contributed by atoms with van der Waals surface area (Å²) in [5, 5.41) is 4.46. The molecule has 0 radical (unpaired) electrons. The minimum atomic E-state index is -0.561. The minimum absolute atomic E-state index is 0.0317. The average Bonchev–Trinajstić information content (AvgIpc) is 3.16. The van der Waals surface area contributed by atoms with E-state index in [1.807, 2.05) is 23.4 Å². The lowest BCUT2D eigenvalue weighted by molar-refractivity contribution is -0.139. The molecule has 2 atom stereocenters. The van der Waals surface area contributed by atoms with Gasteiger partial charge in [-0.05, 0) is 44.9 Å². The molecule has 1 fully saturated rings. The van der Waals surface area contributed by atoms with Gasteiger partial charge in [0, 0.05) is 25.1 Å². The molecular formula is C18H21FN4O2. The van der Waals surface area contributed by atoms with Gasteiger partial charge < -0.3 is 9.64 Å². The molecule has 2 aromatic rings. The van der Waals surface area contributed by atoms with Crippen LogP contribution in [-0.4, -0.2) is 44.8 Å². The second kappa shape index (κ2) is 6.13. The monoisotopic (exact) mass is 344 g/mol. The van der Waals surface area contributed by atoms with E-state index in [2.05, 4.69) is 10.1 Å². The third-order valence-corrected chi connectivity index (χ3v) is 4.93. The predicted molar refractivity (Wildman–Crippen MR) is 88.9 cm³/mol. The highest BCUT2D eigenvalue weighted by atomic mass is 19.1. The van der Waals surface area contributed by atoms with Crippen LogP contribution in [0.5, 0.6) is 5.75 Å². The Kier molecular flexibility index (Phi) is 3.94. The molecule has 6 nitrogen and oxygen atoms in total. The lowest BCUT2D eigenvalue weighted by atomic mass is 10.0. The number of likely N-dealkylation sites (tertiary alicyclic amines) is 1. The van der Waals surface area contributed by atoms with Crippen molar-refractivity contribution in [2.75, 3.05) is 13.1 Å². The Morgan fingerprint density at radius 3 is 2.96 bits per heavy atom. The van der Waals surface area contributed by atoms with E-state index >= 15 is 0 Å². The molecule has 7 heteroatoms. The molecule has 0 aliphatic carbocycles. The van der Waals surface area contributed by atoms with Gasteiger partial charge in [-0.3, -0.25) is 4.79 Å². The van der Waals surface area contributed by atoms with Gasteiger partial charge >= 0.3 is 0 Å². The van der Waals surface area contributed by atoms with E-state index in [1.165, 1.54) is 12.1 Å². The summed E-state index contributed by atoms with van der Waals surface area (Å²) in [5.41, 5.74) is 0.759. The van der Waals surface area contributed by atoms with E-state index in [-0.39, 0.29) is 17.8 Å². The van der Waals surface area contributed by atoms with Gasteiger partial charge in [0.15, 0.2) is 6.10 Å². The van der Waals surface area contributed by atoms with E-state index in [9.17, 15) is 9.18 Å². The molecule has 0 bridgehead atoms. The van der Waals surface area contributed by atoms with Crippen molar-refractivity contribution in [2.24, 2.45) is 0 Å². The molecule has 0 N–H and O–H groups in total. The summed E-state index contributed by atoms with van der Waals surface area (Å²) >= 11 is 0. The zero-order chi connectivity index (χ0) is 17.6. The number of aromatic nitrogens is 3. The minimum Gasteiger partial charge on any atom is -0.480 e. The van der Waals surface area contributed by atoms with E-state index in [0.717, 1.165) is 30.1 Å². The van der Waals surface area contributed by atoms with E-state index in [1.54, 1.807) is 6.07 Å². The van der Waals surface area contributed by atoms with Crippen LogP contribution in [0.1, 0.15) is 36.1 Å². The van der Waals surface area contributed by atoms with Crippen molar-refractivity contribution in [3.8, 4) is 5.75 Å². The van der Waals surface area contributed by atoms with Gasteiger partial charge in [-0.1, -0.05) is 0 Å². The first-order valence-corrected chi connectivity index (χ1v) is 8.65. The molecule has 0 saturated carbocycles. The smallest absolute Gasteiger partial charge is 0.264 e. The van der Waals surface area contributed by atoms with Gasteiger partial charge in [-0.15, -0.1) is 0 Å². The van der Waals surface area contributed by atoms with Crippen molar-refractivity contribution < 1.29 is 13.9 Å². The van der Waals surface area contributed by atoms with Crippen molar-refractivity contribution in [3.63, 3.8) is 0 Å². The summed E-state index contributed by atoms with van der Waals surface area (Å²) in [6.07, 6.45) is 1.76. The van der Waals surface area contributed by atoms with Crippen LogP contribution in [0.2, 0.25) is 0 Å². The van der Waals surface area contributed by atoms with Crippen LogP contribution in [0, 0.1) is 19.7 Å². The van der Waals surface area contributed by atoms with E-state index in [0.29, 0.717) is 25.3 Å². The number of ether oxygens (including phenoxy) is 1. The average molecular weight is 344 g/mol. The van der Waals surface area contributed by atoms with Crippen LogP contribution in [0.25, 0.3) is 0 Å². The van der Waals surface area contributed by atoms with Crippen molar-refractivity contribution in [1.29, 1.82) is 0 Å². The number of aryl methyl sites for hydroxylation is 2. The summed E-state index contributed by atoms with van der Waals surface area (Å²) in [7, 11) is 0. The van der Waals surface area contributed by atoms with Crippen LogP contribution in [0.3, 0.4) is 0 Å². The zero-order valence-electron chi connectivity index (χ0n) is 14.4. The Hall–Kier alpha value is -2.44. The third kappa shape index (κ3) is 2.99. The number of rotatable bonds is 2. The highest BCUT2D eigenvalue weighted by Crippen LogP contribution is 2.31. The molecule has 2 aliphatic heterocycles. The van der Waals surface area contributed by atoms with E-state index in [4.69, 9.17) is 4.74 Å². The summed E-state index contributed by atoms with van der Waals surface area (Å²) < 4.78 is 21.0. The molecule has 2 aliphatic rings. The maximum atomic E-state index is 13.4. The number of carbonyl (C=O) groups is 1. The summed E-state index contributed by atoms with van der Waals surface area (Å²) in [5.74, 6) is 1.90. The van der Waals surface area contributed by atoms with Crippen LogP contribution in [-0.2, 0) is 11.2 Å². The molecule has 0 unspecified atom stereocenters. The van der Waals surface area contributed by atoms with Crippen molar-refractivity contribution in [2.45, 2.75) is 45.3 Å². The molecule has 25 heavy (non-hydrogen) atoms. The molecule has 1 saturated heterocycles. The molecule has 132 valence electrons. The van der Waals surface area contributed by atoms with Crippen molar-refractivity contribution >= 4 is 5.91 Å². The Morgan fingerprint density at radius 2 is 2.20 bits per heavy atom. The fraction of sp³-hybridized carbons (Fsp3) is 0.500. The van der Waals surface area contributed by atoms with Gasteiger partial charge in [-0.25, -0.2) is 14.1 Å². The number of hydrogen-bond acceptors (Lipinski definition) is 4. The fourth-order valence-corrected chi connectivity index (χ4v) is 3.79. The first-order chi connectivity index (χ1) is 12.0. The van der Waals surface area contributed by atoms with Crippen LogP contribution in [0.4, 0.5) is 4.39 Å². The molecule has 1 aromatic heterocycles. The van der Waals surface area contributed by atoms with Gasteiger partial charge in [-0.2, -0.15) is 5.10 Å². The Balaban J connectivity index is 1.47. The zero-order valence-corrected chi connectivity index (χ0v) is 14.4. The van der Waals surface area contributed by atoms with Crippen molar-refractivity contribution in [3.05, 3.63) is 41.2 Å². The van der Waals surface area contributed by atoms with E-state index < -0.39 is 6.10 Å². The largest absolute Gasteiger partial charge is 0.480 e. The molecular weight excluding hydrogens is 323 g/mol. The van der Waals surface area contributed by atoms with Crippen LogP contribution in [0.15, 0.2) is 18.2 Å². The highest BCUT2D eigenvalue weighted by Gasteiger charge is 2.35. The quantitative estimate of drug-likeness (QED) is 0.838. The first-order valence-electron chi connectivity index (χ1n) is 8.65. The number of nitrogens with zero attached hydrogens (tertiary/aromatic N) is 4. The van der Waals surface area contributed by atoms with Gasteiger partial charge in [0.2, 0.25) is 0 Å². The maximum Gasteiger partial charge on any atom is 0.264 e. The molecule has 0 spiro atoms. The van der Waals surface area contributed by atoms with Crippen LogP contribution >= 0.6 is 0 Å². The molecule has 1 aromatic carbocycles. The first kappa shape index (κ1) is 16.1. The van der Waals surface area contributed by atoms with Crippen molar-refractivity contribution in [1.82, 2.24) is 19.7 Å². The number of hydrogen-bond donors (Lipinski definition) is 0. The number of fused-ring (bicyclic) bond motifs is 1. The lowest BCUT2D eigenvalue weighted by Crippen LogP contribution is -2.47. The molecule has 1 amide bonds. The standard InChI is InChI=1S/C18H21FN4O2/c1-11-20-12(2)23(21-11)15-4-3-7-22(10-15)18(24)17-9-13-8-14(19)5-6-16(13)25-17/h5-6,8,15,17H,3-4,7,9-10H2,1-2H3/t15-,17-/m0/s1. The number of halogens is 1. The Bertz CT molecular complexity index is 819. The lowest BCUT2D eigenvalue weighted by Gasteiger charge is -2.34. The summed E-state index contributed by atoms with van der Waals surface area (Å²) in [6.45, 7) is 5.13. The molecule has 3 heterocycles. The Labute approximate surface area is 145 Å². The van der Waals surface area contributed by atoms with Crippen LogP contribution < -0.4 is 4.74 Å². The topological polar surface area (TPSA) is 60.2 Å².